The average Bonchev–Trinajstić information content (AvgIpc) is 3.04. The Balaban J connectivity index is 1.94. The Labute approximate surface area is 141 Å². The fourth-order valence-electron chi connectivity index (χ4n) is 2.66. The fraction of sp³-hybridized carbons (Fsp3) is 0.211. The molecule has 3 rings (SSSR count). The maximum Gasteiger partial charge on any atom is 0.259 e. The second kappa shape index (κ2) is 6.66. The van der Waals surface area contributed by atoms with Crippen molar-refractivity contribution in [2.75, 3.05) is 5.32 Å². The molecule has 24 heavy (non-hydrogen) atoms. The van der Waals surface area contributed by atoms with E-state index in [1.807, 2.05) is 57.2 Å². The molecule has 1 amide bonds. The largest absolute Gasteiger partial charge is 0.322 e. The van der Waals surface area contributed by atoms with Crippen LogP contribution in [0.15, 0.2) is 48.8 Å². The molecule has 5 nitrogen and oxygen atoms in total. The van der Waals surface area contributed by atoms with E-state index >= 15 is 0 Å². The lowest BCUT2D eigenvalue weighted by atomic mass is 10.1. The molecule has 0 aliphatic heterocycles. The lowest BCUT2D eigenvalue weighted by molar-refractivity contribution is 0.102. The van der Waals surface area contributed by atoms with E-state index in [2.05, 4.69) is 15.4 Å². The van der Waals surface area contributed by atoms with Crippen molar-refractivity contribution in [3.8, 4) is 5.82 Å². The number of carbonyl (C=O) groups is 1. The summed E-state index contributed by atoms with van der Waals surface area (Å²) in [6, 6.07) is 11.5. The molecule has 0 spiro atoms. The molecule has 5 heteroatoms. The zero-order valence-electron chi connectivity index (χ0n) is 14.1. The maximum atomic E-state index is 12.7. The standard InChI is InChI=1S/C19H20N4O/c1-4-17-15(12-21-23(17)18-10-5-6-11-20-18)19(24)22-16-9-7-8-13(2)14(16)3/h5-12H,4H2,1-3H3,(H,22,24). The van der Waals surface area contributed by atoms with E-state index in [1.54, 1.807) is 17.1 Å². The third kappa shape index (κ3) is 2.93. The van der Waals surface area contributed by atoms with Crippen LogP contribution in [0.25, 0.3) is 5.82 Å². The van der Waals surface area contributed by atoms with Gasteiger partial charge in [-0.2, -0.15) is 5.10 Å². The van der Waals surface area contributed by atoms with Crippen molar-refractivity contribution in [3.05, 3.63) is 71.2 Å². The molecule has 2 aromatic heterocycles. The van der Waals surface area contributed by atoms with E-state index in [4.69, 9.17) is 0 Å². The number of anilines is 1. The van der Waals surface area contributed by atoms with Crippen LogP contribution >= 0.6 is 0 Å². The average molecular weight is 320 g/mol. The first-order valence-corrected chi connectivity index (χ1v) is 7.97. The van der Waals surface area contributed by atoms with Gasteiger partial charge in [-0.05, 0) is 49.6 Å². The minimum Gasteiger partial charge on any atom is -0.322 e. The number of amides is 1. The number of rotatable bonds is 4. The van der Waals surface area contributed by atoms with E-state index < -0.39 is 0 Å². The predicted octanol–water partition coefficient (Wildman–Crippen LogP) is 3.70. The number of aromatic nitrogens is 3. The molecule has 0 aliphatic carbocycles. The van der Waals surface area contributed by atoms with Gasteiger partial charge < -0.3 is 5.32 Å². The smallest absolute Gasteiger partial charge is 0.259 e. The Hall–Kier alpha value is -2.95. The van der Waals surface area contributed by atoms with Crippen LogP contribution in [0.3, 0.4) is 0 Å². The van der Waals surface area contributed by atoms with Gasteiger partial charge in [0.15, 0.2) is 5.82 Å². The first-order valence-electron chi connectivity index (χ1n) is 7.97. The van der Waals surface area contributed by atoms with Crippen LogP contribution in [0.2, 0.25) is 0 Å². The van der Waals surface area contributed by atoms with Gasteiger partial charge >= 0.3 is 0 Å². The van der Waals surface area contributed by atoms with Crippen molar-refractivity contribution < 1.29 is 4.79 Å². The molecule has 0 aliphatic rings. The quantitative estimate of drug-likeness (QED) is 0.797. The third-order valence-electron chi connectivity index (χ3n) is 4.17. The van der Waals surface area contributed by atoms with Crippen LogP contribution in [0.1, 0.15) is 34.1 Å². The highest BCUT2D eigenvalue weighted by molar-refractivity contribution is 6.05. The lowest BCUT2D eigenvalue weighted by Gasteiger charge is -2.11. The minimum atomic E-state index is -0.150. The van der Waals surface area contributed by atoms with Gasteiger partial charge in [-0.25, -0.2) is 9.67 Å². The molecule has 0 radical (unpaired) electrons. The van der Waals surface area contributed by atoms with Crippen LogP contribution < -0.4 is 5.32 Å². The van der Waals surface area contributed by atoms with Crippen molar-refractivity contribution in [1.29, 1.82) is 0 Å². The molecule has 0 saturated carbocycles. The number of pyridine rings is 1. The SMILES string of the molecule is CCc1c(C(=O)Nc2cccc(C)c2C)cnn1-c1ccccn1. The van der Waals surface area contributed by atoms with E-state index in [0.717, 1.165) is 22.5 Å². The molecular formula is C19H20N4O. The Morgan fingerprint density at radius 1 is 1.17 bits per heavy atom. The van der Waals surface area contributed by atoms with Gasteiger partial charge in [0, 0.05) is 11.9 Å². The van der Waals surface area contributed by atoms with Crippen molar-refractivity contribution in [1.82, 2.24) is 14.8 Å². The molecule has 122 valence electrons. The third-order valence-corrected chi connectivity index (χ3v) is 4.17. The Morgan fingerprint density at radius 2 is 2.00 bits per heavy atom. The van der Waals surface area contributed by atoms with Gasteiger partial charge in [0.2, 0.25) is 0 Å². The number of nitrogens with zero attached hydrogens (tertiary/aromatic N) is 3. The molecular weight excluding hydrogens is 300 g/mol. The van der Waals surface area contributed by atoms with Gasteiger partial charge in [0.25, 0.3) is 5.91 Å². The summed E-state index contributed by atoms with van der Waals surface area (Å²) >= 11 is 0. The summed E-state index contributed by atoms with van der Waals surface area (Å²) in [5.41, 5.74) is 4.46. The van der Waals surface area contributed by atoms with Crippen LogP contribution in [0, 0.1) is 13.8 Å². The van der Waals surface area contributed by atoms with Crippen LogP contribution in [0.5, 0.6) is 0 Å². The fourth-order valence-corrected chi connectivity index (χ4v) is 2.66. The minimum absolute atomic E-state index is 0.150. The van der Waals surface area contributed by atoms with Crippen molar-refractivity contribution in [3.63, 3.8) is 0 Å². The summed E-state index contributed by atoms with van der Waals surface area (Å²) in [6.45, 7) is 6.04. The molecule has 0 fully saturated rings. The Bertz CT molecular complexity index is 868. The second-order valence-electron chi connectivity index (χ2n) is 5.66. The summed E-state index contributed by atoms with van der Waals surface area (Å²) in [5, 5.41) is 7.35. The van der Waals surface area contributed by atoms with Gasteiger partial charge in [-0.15, -0.1) is 0 Å². The van der Waals surface area contributed by atoms with Gasteiger partial charge in [-0.1, -0.05) is 25.1 Å². The van der Waals surface area contributed by atoms with Crippen molar-refractivity contribution in [2.45, 2.75) is 27.2 Å². The van der Waals surface area contributed by atoms with Crippen molar-refractivity contribution >= 4 is 11.6 Å². The number of hydrogen-bond acceptors (Lipinski definition) is 3. The summed E-state index contributed by atoms with van der Waals surface area (Å²) < 4.78 is 1.72. The summed E-state index contributed by atoms with van der Waals surface area (Å²) in [5.74, 6) is 0.558. The number of hydrogen-bond donors (Lipinski definition) is 1. The normalized spacial score (nSPS) is 10.6. The zero-order valence-corrected chi connectivity index (χ0v) is 14.1. The first kappa shape index (κ1) is 15.9. The zero-order chi connectivity index (χ0) is 17.1. The molecule has 0 saturated heterocycles. The molecule has 3 aromatic rings. The Morgan fingerprint density at radius 3 is 2.71 bits per heavy atom. The highest BCUT2D eigenvalue weighted by atomic mass is 16.1. The first-order chi connectivity index (χ1) is 11.6. The predicted molar refractivity (Wildman–Crippen MR) is 94.6 cm³/mol. The molecule has 1 N–H and O–H groups in total. The second-order valence-corrected chi connectivity index (χ2v) is 5.66. The number of carbonyl (C=O) groups excluding carboxylic acids is 1. The topological polar surface area (TPSA) is 59.8 Å². The van der Waals surface area contributed by atoms with E-state index in [1.165, 1.54) is 0 Å². The summed E-state index contributed by atoms with van der Waals surface area (Å²) in [4.78, 5) is 17.0. The highest BCUT2D eigenvalue weighted by Crippen LogP contribution is 2.20. The lowest BCUT2D eigenvalue weighted by Crippen LogP contribution is -2.15. The number of nitrogens with one attached hydrogen (secondary N) is 1. The number of benzene rings is 1. The van der Waals surface area contributed by atoms with Crippen molar-refractivity contribution in [2.24, 2.45) is 0 Å². The molecule has 0 atom stereocenters. The Kier molecular flexibility index (Phi) is 4.42. The van der Waals surface area contributed by atoms with Crippen LogP contribution in [-0.4, -0.2) is 20.7 Å². The highest BCUT2D eigenvalue weighted by Gasteiger charge is 2.18. The molecule has 0 unspecified atom stereocenters. The van der Waals surface area contributed by atoms with Crippen LogP contribution in [-0.2, 0) is 6.42 Å². The van der Waals surface area contributed by atoms with E-state index in [0.29, 0.717) is 17.8 Å². The molecule has 2 heterocycles. The monoisotopic (exact) mass is 320 g/mol. The van der Waals surface area contributed by atoms with Gasteiger partial charge in [0.1, 0.15) is 0 Å². The number of aryl methyl sites for hydroxylation is 1. The van der Waals surface area contributed by atoms with E-state index in [-0.39, 0.29) is 5.91 Å². The summed E-state index contributed by atoms with van der Waals surface area (Å²) in [7, 11) is 0. The van der Waals surface area contributed by atoms with Gasteiger partial charge in [0.05, 0.1) is 17.5 Å². The molecule has 1 aromatic carbocycles. The van der Waals surface area contributed by atoms with Crippen LogP contribution in [0.4, 0.5) is 5.69 Å². The van der Waals surface area contributed by atoms with E-state index in [9.17, 15) is 4.79 Å². The van der Waals surface area contributed by atoms with Gasteiger partial charge in [-0.3, -0.25) is 4.79 Å². The summed E-state index contributed by atoms with van der Waals surface area (Å²) in [6.07, 6.45) is 4.01. The maximum absolute atomic E-state index is 12.7. The molecule has 0 bridgehead atoms.